The van der Waals surface area contributed by atoms with Crippen LogP contribution in [0.15, 0.2) is 12.1 Å². The van der Waals surface area contributed by atoms with E-state index >= 15 is 0 Å². The Morgan fingerprint density at radius 3 is 2.76 bits per heavy atom. The number of hydrazine groups is 1. The van der Waals surface area contributed by atoms with E-state index in [2.05, 4.69) is 43.2 Å². The van der Waals surface area contributed by atoms with Gasteiger partial charge in [0.1, 0.15) is 0 Å². The number of nitrogens with one attached hydrogen (secondary N) is 1. The average molecular weight is 270 g/mol. The average Bonchev–Trinajstić information content (AvgIpc) is 2.95. The van der Waals surface area contributed by atoms with Crippen LogP contribution in [0.4, 0.5) is 0 Å². The van der Waals surface area contributed by atoms with Gasteiger partial charge < -0.3 is 0 Å². The van der Waals surface area contributed by atoms with E-state index < -0.39 is 0 Å². The molecule has 1 aliphatic rings. The van der Waals surface area contributed by atoms with Crippen LogP contribution in [0.5, 0.6) is 0 Å². The standard InChI is InChI=1S/C13H22N2S2/c1-3-10-5-6-11(17-10)9-12(15-14)13(2)7-4-8-16-13/h5-6,12,15H,3-4,7-9,14H2,1-2H3. The monoisotopic (exact) mass is 270 g/mol. The molecule has 1 aromatic heterocycles. The van der Waals surface area contributed by atoms with Gasteiger partial charge in [0.05, 0.1) is 0 Å². The van der Waals surface area contributed by atoms with Crippen molar-refractivity contribution in [1.82, 2.24) is 5.43 Å². The summed E-state index contributed by atoms with van der Waals surface area (Å²) in [6.45, 7) is 4.56. The fourth-order valence-electron chi connectivity index (χ4n) is 2.45. The van der Waals surface area contributed by atoms with Crippen molar-refractivity contribution in [3.8, 4) is 0 Å². The maximum atomic E-state index is 5.77. The molecule has 3 N–H and O–H groups in total. The molecule has 4 heteroatoms. The number of hydrogen-bond acceptors (Lipinski definition) is 4. The maximum Gasteiger partial charge on any atom is 0.0403 e. The van der Waals surface area contributed by atoms with Crippen molar-refractivity contribution in [1.29, 1.82) is 0 Å². The number of rotatable bonds is 5. The lowest BCUT2D eigenvalue weighted by molar-refractivity contribution is 0.407. The molecule has 1 aromatic rings. The van der Waals surface area contributed by atoms with Gasteiger partial charge in [0.2, 0.25) is 0 Å². The van der Waals surface area contributed by atoms with Crippen LogP contribution < -0.4 is 11.3 Å². The van der Waals surface area contributed by atoms with Gasteiger partial charge in [0, 0.05) is 20.5 Å². The van der Waals surface area contributed by atoms with Crippen LogP contribution in [-0.4, -0.2) is 16.5 Å². The number of thioether (sulfide) groups is 1. The molecule has 2 atom stereocenters. The van der Waals surface area contributed by atoms with E-state index in [9.17, 15) is 0 Å². The number of hydrogen-bond donors (Lipinski definition) is 2. The van der Waals surface area contributed by atoms with Gasteiger partial charge in [-0.3, -0.25) is 11.3 Å². The van der Waals surface area contributed by atoms with Gasteiger partial charge in [0.25, 0.3) is 0 Å². The highest BCUT2D eigenvalue weighted by Gasteiger charge is 2.37. The molecule has 1 aliphatic heterocycles. The summed E-state index contributed by atoms with van der Waals surface area (Å²) in [5.74, 6) is 7.04. The Morgan fingerprint density at radius 1 is 1.47 bits per heavy atom. The predicted octanol–water partition coefficient (Wildman–Crippen LogP) is 2.97. The summed E-state index contributed by atoms with van der Waals surface area (Å²) < 4.78 is 0.311. The molecule has 0 bridgehead atoms. The van der Waals surface area contributed by atoms with E-state index in [0.717, 1.165) is 12.8 Å². The third kappa shape index (κ3) is 3.05. The van der Waals surface area contributed by atoms with Gasteiger partial charge in [-0.2, -0.15) is 11.8 Å². The molecule has 2 nitrogen and oxygen atoms in total. The lowest BCUT2D eigenvalue weighted by atomic mass is 9.93. The van der Waals surface area contributed by atoms with Crippen LogP contribution >= 0.6 is 23.1 Å². The summed E-state index contributed by atoms with van der Waals surface area (Å²) in [5.41, 5.74) is 3.05. The highest BCUT2D eigenvalue weighted by atomic mass is 32.2. The van der Waals surface area contributed by atoms with Crippen molar-refractivity contribution >= 4 is 23.1 Å². The Labute approximate surface area is 112 Å². The minimum atomic E-state index is 0.311. The van der Waals surface area contributed by atoms with Crippen molar-refractivity contribution in [2.24, 2.45) is 5.84 Å². The van der Waals surface area contributed by atoms with Crippen LogP contribution in [0.3, 0.4) is 0 Å². The van der Waals surface area contributed by atoms with Gasteiger partial charge in [-0.25, -0.2) is 0 Å². The second-order valence-corrected chi connectivity index (χ2v) is 7.79. The summed E-state index contributed by atoms with van der Waals surface area (Å²) >= 11 is 4.00. The van der Waals surface area contributed by atoms with Crippen LogP contribution in [-0.2, 0) is 12.8 Å². The van der Waals surface area contributed by atoms with E-state index in [1.807, 2.05) is 11.3 Å². The van der Waals surface area contributed by atoms with Crippen molar-refractivity contribution in [3.63, 3.8) is 0 Å². The van der Waals surface area contributed by atoms with Crippen LogP contribution in [0.1, 0.15) is 36.4 Å². The fourth-order valence-corrected chi connectivity index (χ4v) is 4.85. The molecule has 17 heavy (non-hydrogen) atoms. The zero-order chi connectivity index (χ0) is 12.3. The molecular weight excluding hydrogens is 248 g/mol. The Hall–Kier alpha value is -0.0300. The molecular formula is C13H22N2S2. The highest BCUT2D eigenvalue weighted by Crippen LogP contribution is 2.41. The van der Waals surface area contributed by atoms with Crippen LogP contribution in [0.2, 0.25) is 0 Å². The smallest absolute Gasteiger partial charge is 0.0403 e. The molecule has 2 unspecified atom stereocenters. The first-order valence-electron chi connectivity index (χ1n) is 6.35. The van der Waals surface area contributed by atoms with E-state index in [4.69, 9.17) is 5.84 Å². The van der Waals surface area contributed by atoms with Crippen LogP contribution in [0, 0.1) is 0 Å². The first kappa shape index (κ1) is 13.4. The van der Waals surface area contributed by atoms with E-state index in [0.29, 0.717) is 10.8 Å². The van der Waals surface area contributed by atoms with Crippen molar-refractivity contribution in [3.05, 3.63) is 21.9 Å². The molecule has 0 aliphatic carbocycles. The second-order valence-electron chi connectivity index (χ2n) is 4.91. The van der Waals surface area contributed by atoms with Crippen molar-refractivity contribution in [2.75, 3.05) is 5.75 Å². The Morgan fingerprint density at radius 2 is 2.24 bits per heavy atom. The van der Waals surface area contributed by atoms with E-state index in [1.165, 1.54) is 28.3 Å². The third-order valence-electron chi connectivity index (χ3n) is 3.66. The number of nitrogens with two attached hydrogens (primary N) is 1. The molecule has 1 saturated heterocycles. The Kier molecular flexibility index (Phi) is 4.53. The third-order valence-corrected chi connectivity index (χ3v) is 6.55. The number of thiophene rings is 1. The minimum absolute atomic E-state index is 0.311. The van der Waals surface area contributed by atoms with Gasteiger partial charge in [-0.1, -0.05) is 6.92 Å². The highest BCUT2D eigenvalue weighted by molar-refractivity contribution is 8.00. The minimum Gasteiger partial charge on any atom is -0.271 e. The molecule has 2 heterocycles. The van der Waals surface area contributed by atoms with Crippen LogP contribution in [0.25, 0.3) is 0 Å². The largest absolute Gasteiger partial charge is 0.271 e. The molecule has 96 valence electrons. The molecule has 2 rings (SSSR count). The van der Waals surface area contributed by atoms with Gasteiger partial charge in [-0.05, 0) is 50.5 Å². The maximum absolute atomic E-state index is 5.77. The Balaban J connectivity index is 2.04. The molecule has 0 aromatic carbocycles. The summed E-state index contributed by atoms with van der Waals surface area (Å²) in [6, 6.07) is 4.90. The predicted molar refractivity (Wildman–Crippen MR) is 78.6 cm³/mol. The van der Waals surface area contributed by atoms with Gasteiger partial charge in [-0.15, -0.1) is 11.3 Å². The first-order chi connectivity index (χ1) is 8.18. The van der Waals surface area contributed by atoms with Crippen molar-refractivity contribution < 1.29 is 0 Å². The summed E-state index contributed by atoms with van der Waals surface area (Å²) in [7, 11) is 0. The topological polar surface area (TPSA) is 38.0 Å². The lowest BCUT2D eigenvalue weighted by Gasteiger charge is -2.32. The quantitative estimate of drug-likeness (QED) is 0.638. The van der Waals surface area contributed by atoms with E-state index in [1.54, 1.807) is 0 Å². The normalized spacial score (nSPS) is 26.3. The molecule has 0 spiro atoms. The van der Waals surface area contributed by atoms with Crippen molar-refractivity contribution in [2.45, 2.75) is 50.3 Å². The van der Waals surface area contributed by atoms with Gasteiger partial charge in [0.15, 0.2) is 0 Å². The summed E-state index contributed by atoms with van der Waals surface area (Å²) in [4.78, 5) is 2.93. The molecule has 0 saturated carbocycles. The lowest BCUT2D eigenvalue weighted by Crippen LogP contribution is -2.49. The van der Waals surface area contributed by atoms with Gasteiger partial charge >= 0.3 is 0 Å². The molecule has 0 amide bonds. The number of aryl methyl sites for hydroxylation is 1. The molecule has 0 radical (unpaired) electrons. The second kappa shape index (κ2) is 5.74. The summed E-state index contributed by atoms with van der Waals surface area (Å²) in [5, 5.41) is 0. The SMILES string of the molecule is CCc1ccc(CC(NN)C2(C)CCCS2)s1. The molecule has 1 fully saturated rings. The Bertz CT molecular complexity index is 356. The first-order valence-corrected chi connectivity index (χ1v) is 8.16. The summed E-state index contributed by atoms with van der Waals surface area (Å²) in [6.07, 6.45) is 4.80. The fraction of sp³-hybridized carbons (Fsp3) is 0.692. The zero-order valence-corrected chi connectivity index (χ0v) is 12.3. The van der Waals surface area contributed by atoms with E-state index in [-0.39, 0.29) is 0 Å². The zero-order valence-electron chi connectivity index (χ0n) is 10.7.